The Hall–Kier alpha value is -1.69. The van der Waals surface area contributed by atoms with Crippen molar-refractivity contribution in [1.29, 1.82) is 0 Å². The van der Waals surface area contributed by atoms with Gasteiger partial charge in [0.15, 0.2) is 0 Å². The molecule has 1 aliphatic rings. The van der Waals surface area contributed by atoms with Gasteiger partial charge in [-0.25, -0.2) is 9.97 Å². The van der Waals surface area contributed by atoms with Crippen LogP contribution in [0.4, 0.5) is 5.95 Å². The van der Waals surface area contributed by atoms with Gasteiger partial charge in [0.05, 0.1) is 0 Å². The molecule has 1 fully saturated rings. The van der Waals surface area contributed by atoms with Gasteiger partial charge in [-0.3, -0.25) is 4.79 Å². The van der Waals surface area contributed by atoms with Gasteiger partial charge < -0.3 is 16.0 Å². The fraction of sp³-hybridized carbons (Fsp3) is 0.667. The average molecular weight is 291 g/mol. The molecule has 6 heteroatoms. The molecule has 0 spiro atoms. The van der Waals surface area contributed by atoms with Crippen molar-refractivity contribution in [2.45, 2.75) is 38.6 Å². The molecule has 0 aliphatic carbocycles. The Kier molecular flexibility index (Phi) is 5.92. The molecule has 1 saturated heterocycles. The van der Waals surface area contributed by atoms with Crippen molar-refractivity contribution in [1.82, 2.24) is 15.3 Å². The SMILES string of the molecule is CC(CCCN)C(=O)NC1CCCN(c2ncccn2)C1. The van der Waals surface area contributed by atoms with Crippen molar-refractivity contribution in [3.05, 3.63) is 18.5 Å². The molecule has 2 rings (SSSR count). The number of carbonyl (C=O) groups is 1. The average Bonchev–Trinajstić information content (AvgIpc) is 2.53. The number of aromatic nitrogens is 2. The topological polar surface area (TPSA) is 84.1 Å². The summed E-state index contributed by atoms with van der Waals surface area (Å²) in [5, 5.41) is 3.15. The fourth-order valence-electron chi connectivity index (χ4n) is 2.63. The van der Waals surface area contributed by atoms with Gasteiger partial charge in [0.25, 0.3) is 0 Å². The summed E-state index contributed by atoms with van der Waals surface area (Å²) in [5.41, 5.74) is 5.49. The number of hydrogen-bond acceptors (Lipinski definition) is 5. The second-order valence-corrected chi connectivity index (χ2v) is 5.67. The number of amides is 1. The smallest absolute Gasteiger partial charge is 0.225 e. The molecule has 2 atom stereocenters. The molecule has 1 aliphatic heterocycles. The zero-order valence-electron chi connectivity index (χ0n) is 12.7. The second-order valence-electron chi connectivity index (χ2n) is 5.67. The van der Waals surface area contributed by atoms with Crippen LogP contribution in [0, 0.1) is 5.92 Å². The molecule has 116 valence electrons. The molecule has 0 aromatic carbocycles. The lowest BCUT2D eigenvalue weighted by atomic mass is 10.0. The van der Waals surface area contributed by atoms with Crippen molar-refractivity contribution in [3.8, 4) is 0 Å². The molecule has 0 bridgehead atoms. The molecule has 21 heavy (non-hydrogen) atoms. The largest absolute Gasteiger partial charge is 0.351 e. The quantitative estimate of drug-likeness (QED) is 0.815. The van der Waals surface area contributed by atoms with Crippen molar-refractivity contribution in [2.24, 2.45) is 11.7 Å². The fourth-order valence-corrected chi connectivity index (χ4v) is 2.63. The highest BCUT2D eigenvalue weighted by Gasteiger charge is 2.24. The molecule has 2 heterocycles. The van der Waals surface area contributed by atoms with Crippen LogP contribution in [0.25, 0.3) is 0 Å². The normalized spacial score (nSPS) is 20.1. The van der Waals surface area contributed by atoms with E-state index >= 15 is 0 Å². The van der Waals surface area contributed by atoms with Crippen LogP contribution in [0.5, 0.6) is 0 Å². The number of nitrogens with zero attached hydrogens (tertiary/aromatic N) is 3. The van der Waals surface area contributed by atoms with Crippen LogP contribution in [0.3, 0.4) is 0 Å². The Morgan fingerprint density at radius 3 is 3.00 bits per heavy atom. The summed E-state index contributed by atoms with van der Waals surface area (Å²) in [5.74, 6) is 0.897. The van der Waals surface area contributed by atoms with Gasteiger partial charge in [-0.15, -0.1) is 0 Å². The summed E-state index contributed by atoms with van der Waals surface area (Å²) in [6.07, 6.45) is 7.29. The van der Waals surface area contributed by atoms with E-state index in [-0.39, 0.29) is 17.9 Å². The number of anilines is 1. The maximum atomic E-state index is 12.2. The van der Waals surface area contributed by atoms with Gasteiger partial charge in [-0.05, 0) is 38.3 Å². The third kappa shape index (κ3) is 4.67. The highest BCUT2D eigenvalue weighted by molar-refractivity contribution is 5.78. The highest BCUT2D eigenvalue weighted by atomic mass is 16.1. The molecular weight excluding hydrogens is 266 g/mol. The standard InChI is InChI=1S/C15H25N5O/c1-12(5-2-7-16)14(21)19-13-6-3-10-20(11-13)15-17-8-4-9-18-15/h4,8-9,12-13H,2-3,5-7,10-11,16H2,1H3,(H,19,21). The predicted molar refractivity (Wildman–Crippen MR) is 82.9 cm³/mol. The van der Waals surface area contributed by atoms with Gasteiger partial charge in [-0.1, -0.05) is 6.92 Å². The first-order chi connectivity index (χ1) is 10.2. The third-order valence-corrected chi connectivity index (χ3v) is 3.89. The highest BCUT2D eigenvalue weighted by Crippen LogP contribution is 2.16. The van der Waals surface area contributed by atoms with Crippen LogP contribution < -0.4 is 16.0 Å². The molecular formula is C15H25N5O. The van der Waals surface area contributed by atoms with E-state index < -0.39 is 0 Å². The lowest BCUT2D eigenvalue weighted by Crippen LogP contribution is -2.49. The Balaban J connectivity index is 1.85. The summed E-state index contributed by atoms with van der Waals surface area (Å²) in [6, 6.07) is 1.99. The summed E-state index contributed by atoms with van der Waals surface area (Å²) < 4.78 is 0. The molecule has 3 N–H and O–H groups in total. The first kappa shape index (κ1) is 15.7. The predicted octanol–water partition coefficient (Wildman–Crippen LogP) is 0.937. The lowest BCUT2D eigenvalue weighted by Gasteiger charge is -2.33. The number of piperidine rings is 1. The molecule has 2 unspecified atom stereocenters. The summed E-state index contributed by atoms with van der Waals surface area (Å²) in [7, 11) is 0. The van der Waals surface area contributed by atoms with E-state index in [0.29, 0.717) is 6.54 Å². The van der Waals surface area contributed by atoms with Crippen molar-refractivity contribution in [2.75, 3.05) is 24.5 Å². The van der Waals surface area contributed by atoms with E-state index in [4.69, 9.17) is 5.73 Å². The molecule has 1 amide bonds. The van der Waals surface area contributed by atoms with Crippen LogP contribution in [0.15, 0.2) is 18.5 Å². The Labute approximate surface area is 126 Å². The molecule has 6 nitrogen and oxygen atoms in total. The van der Waals surface area contributed by atoms with Gasteiger partial charge in [-0.2, -0.15) is 0 Å². The third-order valence-electron chi connectivity index (χ3n) is 3.89. The van der Waals surface area contributed by atoms with Gasteiger partial charge >= 0.3 is 0 Å². The van der Waals surface area contributed by atoms with Crippen molar-refractivity contribution < 1.29 is 4.79 Å². The van der Waals surface area contributed by atoms with E-state index in [1.54, 1.807) is 12.4 Å². The Bertz CT molecular complexity index is 439. The van der Waals surface area contributed by atoms with Crippen LogP contribution >= 0.6 is 0 Å². The molecule has 1 aromatic heterocycles. The number of nitrogens with two attached hydrogens (primary N) is 1. The van der Waals surface area contributed by atoms with E-state index in [9.17, 15) is 4.79 Å². The minimum atomic E-state index is 0.0249. The van der Waals surface area contributed by atoms with Crippen LogP contribution in [0.1, 0.15) is 32.6 Å². The van der Waals surface area contributed by atoms with E-state index in [1.165, 1.54) is 0 Å². The summed E-state index contributed by atoms with van der Waals surface area (Å²) >= 11 is 0. The first-order valence-electron chi connectivity index (χ1n) is 7.73. The molecule has 0 radical (unpaired) electrons. The molecule has 1 aromatic rings. The summed E-state index contributed by atoms with van der Waals surface area (Å²) in [6.45, 7) is 4.32. The summed E-state index contributed by atoms with van der Waals surface area (Å²) in [4.78, 5) is 22.9. The first-order valence-corrected chi connectivity index (χ1v) is 7.73. The second kappa shape index (κ2) is 7.93. The van der Waals surface area contributed by atoms with E-state index in [1.807, 2.05) is 13.0 Å². The number of carbonyl (C=O) groups excluding carboxylic acids is 1. The monoisotopic (exact) mass is 291 g/mol. The lowest BCUT2D eigenvalue weighted by molar-refractivity contribution is -0.125. The zero-order chi connectivity index (χ0) is 15.1. The van der Waals surface area contributed by atoms with Crippen LogP contribution in [-0.2, 0) is 4.79 Å². The van der Waals surface area contributed by atoms with Crippen molar-refractivity contribution in [3.63, 3.8) is 0 Å². The van der Waals surface area contributed by atoms with Crippen molar-refractivity contribution >= 4 is 11.9 Å². The van der Waals surface area contributed by atoms with E-state index in [2.05, 4.69) is 20.2 Å². The van der Waals surface area contributed by atoms with E-state index in [0.717, 1.165) is 44.7 Å². The van der Waals surface area contributed by atoms with Gasteiger partial charge in [0, 0.05) is 37.4 Å². The number of nitrogens with one attached hydrogen (secondary N) is 1. The van der Waals surface area contributed by atoms with Gasteiger partial charge in [0.2, 0.25) is 11.9 Å². The molecule has 0 saturated carbocycles. The number of rotatable bonds is 6. The van der Waals surface area contributed by atoms with Crippen LogP contribution in [-0.4, -0.2) is 41.6 Å². The maximum absolute atomic E-state index is 12.2. The minimum absolute atomic E-state index is 0.0249. The van der Waals surface area contributed by atoms with Crippen LogP contribution in [0.2, 0.25) is 0 Å². The number of hydrogen-bond donors (Lipinski definition) is 2. The zero-order valence-corrected chi connectivity index (χ0v) is 12.7. The van der Waals surface area contributed by atoms with Gasteiger partial charge in [0.1, 0.15) is 0 Å². The Morgan fingerprint density at radius 2 is 2.29 bits per heavy atom. The maximum Gasteiger partial charge on any atom is 0.225 e. The Morgan fingerprint density at radius 1 is 1.52 bits per heavy atom. The minimum Gasteiger partial charge on any atom is -0.351 e.